The largest absolute Gasteiger partial charge is 0.493 e. The third-order valence-corrected chi connectivity index (χ3v) is 5.29. The van der Waals surface area contributed by atoms with Crippen molar-refractivity contribution < 1.29 is 23.0 Å². The van der Waals surface area contributed by atoms with Crippen LogP contribution in [0.4, 0.5) is 8.78 Å². The fourth-order valence-corrected chi connectivity index (χ4v) is 3.76. The summed E-state index contributed by atoms with van der Waals surface area (Å²) in [6, 6.07) is 14.8. The Morgan fingerprint density at radius 2 is 1.94 bits per heavy atom. The molecule has 6 nitrogen and oxygen atoms in total. The molecule has 170 valence electrons. The highest BCUT2D eigenvalue weighted by Crippen LogP contribution is 2.32. The maximum atomic E-state index is 13.7. The first-order valence-corrected chi connectivity index (χ1v) is 10.4. The number of aromatic nitrogens is 2. The molecular formula is C25H23F2N3O3. The number of ether oxygens (including phenoxy) is 2. The molecule has 33 heavy (non-hydrogen) atoms. The van der Waals surface area contributed by atoms with Gasteiger partial charge in [-0.25, -0.2) is 8.78 Å². The zero-order chi connectivity index (χ0) is 23.4. The van der Waals surface area contributed by atoms with E-state index in [0.29, 0.717) is 52.2 Å². The van der Waals surface area contributed by atoms with Crippen LogP contribution in [0.2, 0.25) is 0 Å². The van der Waals surface area contributed by atoms with E-state index in [1.807, 2.05) is 6.92 Å². The monoisotopic (exact) mass is 451 g/mol. The topological polar surface area (TPSA) is 67.4 Å². The molecule has 4 aromatic rings. The van der Waals surface area contributed by atoms with Gasteiger partial charge in [0.1, 0.15) is 17.3 Å². The minimum atomic E-state index is -0.939. The molecular weight excluding hydrogens is 428 g/mol. The Morgan fingerprint density at radius 1 is 1.09 bits per heavy atom. The summed E-state index contributed by atoms with van der Waals surface area (Å²) in [5, 5.41) is 7.55. The normalized spacial score (nSPS) is 10.9. The lowest BCUT2D eigenvalue weighted by Gasteiger charge is -2.19. The third kappa shape index (κ3) is 4.64. The maximum absolute atomic E-state index is 13.7. The van der Waals surface area contributed by atoms with Crippen LogP contribution in [-0.2, 0) is 6.54 Å². The van der Waals surface area contributed by atoms with E-state index < -0.39 is 6.86 Å². The highest BCUT2D eigenvalue weighted by atomic mass is 19.1. The van der Waals surface area contributed by atoms with Crippen LogP contribution in [0.15, 0.2) is 60.8 Å². The first-order chi connectivity index (χ1) is 16.0. The Labute approximate surface area is 189 Å². The van der Waals surface area contributed by atoms with Crippen molar-refractivity contribution >= 4 is 16.8 Å². The molecule has 1 amide bonds. The van der Waals surface area contributed by atoms with Crippen LogP contribution in [0.5, 0.6) is 11.5 Å². The smallest absolute Gasteiger partial charge is 0.254 e. The van der Waals surface area contributed by atoms with Crippen LogP contribution in [0.25, 0.3) is 22.0 Å². The zero-order valence-electron chi connectivity index (χ0n) is 18.3. The minimum absolute atomic E-state index is 0.210. The standard InChI is InChI=1S/C25H23F2N3O3/c1-3-32-23-12-17(7-9-20(23)16-5-4-6-19(27)11-16)25(31)30(2)14-18-8-10-22(33-15-26)21-13-28-29-24(18)21/h4-13H,3,14-15H2,1-2H3,(H,28,29). The number of benzene rings is 3. The Hall–Kier alpha value is -3.94. The van der Waals surface area contributed by atoms with E-state index in [4.69, 9.17) is 9.47 Å². The highest BCUT2D eigenvalue weighted by molar-refractivity contribution is 5.96. The van der Waals surface area contributed by atoms with Crippen LogP contribution in [-0.4, -0.2) is 41.5 Å². The molecule has 0 atom stereocenters. The van der Waals surface area contributed by atoms with Crippen LogP contribution >= 0.6 is 0 Å². The molecule has 0 unspecified atom stereocenters. The molecule has 1 heterocycles. The lowest BCUT2D eigenvalue weighted by atomic mass is 10.0. The van der Waals surface area contributed by atoms with Crippen LogP contribution in [0.1, 0.15) is 22.8 Å². The average molecular weight is 451 g/mol. The van der Waals surface area contributed by atoms with E-state index in [0.717, 1.165) is 5.56 Å². The molecule has 0 aliphatic rings. The van der Waals surface area contributed by atoms with Crippen molar-refractivity contribution in [3.8, 4) is 22.6 Å². The fourth-order valence-electron chi connectivity index (χ4n) is 3.76. The number of fused-ring (bicyclic) bond motifs is 1. The van der Waals surface area contributed by atoms with Crippen molar-refractivity contribution in [3.05, 3.63) is 77.7 Å². The molecule has 0 radical (unpaired) electrons. The van der Waals surface area contributed by atoms with Gasteiger partial charge in [0.25, 0.3) is 5.91 Å². The number of carbonyl (C=O) groups excluding carboxylic acids is 1. The van der Waals surface area contributed by atoms with Gasteiger partial charge >= 0.3 is 0 Å². The second-order valence-corrected chi connectivity index (χ2v) is 7.45. The number of H-pyrrole nitrogens is 1. The van der Waals surface area contributed by atoms with Gasteiger partial charge < -0.3 is 14.4 Å². The quantitative estimate of drug-likeness (QED) is 0.392. The molecule has 0 bridgehead atoms. The first kappa shape index (κ1) is 22.3. The second kappa shape index (κ2) is 9.68. The van der Waals surface area contributed by atoms with Crippen LogP contribution in [0.3, 0.4) is 0 Å². The Kier molecular flexibility index (Phi) is 6.53. The number of aromatic amines is 1. The van der Waals surface area contributed by atoms with Crippen molar-refractivity contribution in [1.29, 1.82) is 0 Å². The van der Waals surface area contributed by atoms with Gasteiger partial charge in [-0.3, -0.25) is 9.89 Å². The summed E-state index contributed by atoms with van der Waals surface area (Å²) in [7, 11) is 1.69. The molecule has 0 aliphatic carbocycles. The average Bonchev–Trinajstić information content (AvgIpc) is 3.31. The van der Waals surface area contributed by atoms with Crippen molar-refractivity contribution in [2.45, 2.75) is 13.5 Å². The number of amides is 1. The molecule has 1 aromatic heterocycles. The summed E-state index contributed by atoms with van der Waals surface area (Å²) in [4.78, 5) is 14.7. The van der Waals surface area contributed by atoms with E-state index >= 15 is 0 Å². The summed E-state index contributed by atoms with van der Waals surface area (Å²) in [5.74, 6) is 0.334. The van der Waals surface area contributed by atoms with Crippen LogP contribution < -0.4 is 9.47 Å². The van der Waals surface area contributed by atoms with E-state index in [2.05, 4.69) is 10.2 Å². The van der Waals surface area contributed by atoms with E-state index in [1.165, 1.54) is 12.1 Å². The zero-order valence-corrected chi connectivity index (χ0v) is 18.3. The van der Waals surface area contributed by atoms with E-state index in [1.54, 1.807) is 60.6 Å². The number of nitrogens with zero attached hydrogens (tertiary/aromatic N) is 2. The lowest BCUT2D eigenvalue weighted by molar-refractivity contribution is 0.0785. The van der Waals surface area contributed by atoms with Crippen molar-refractivity contribution in [2.75, 3.05) is 20.5 Å². The van der Waals surface area contributed by atoms with Gasteiger partial charge in [-0.1, -0.05) is 18.2 Å². The lowest BCUT2D eigenvalue weighted by Crippen LogP contribution is -2.26. The Balaban J connectivity index is 1.60. The van der Waals surface area contributed by atoms with Gasteiger partial charge in [-0.05, 0) is 54.4 Å². The molecule has 0 fully saturated rings. The predicted octanol–water partition coefficient (Wildman–Crippen LogP) is 5.35. The first-order valence-electron chi connectivity index (χ1n) is 10.4. The molecule has 0 spiro atoms. The summed E-state index contributed by atoms with van der Waals surface area (Å²) in [6.45, 7) is 1.61. The molecule has 8 heteroatoms. The van der Waals surface area contributed by atoms with Gasteiger partial charge in [0, 0.05) is 24.7 Å². The summed E-state index contributed by atoms with van der Waals surface area (Å²) >= 11 is 0. The van der Waals surface area contributed by atoms with Gasteiger partial charge in [0.2, 0.25) is 6.86 Å². The molecule has 3 aromatic carbocycles. The predicted molar refractivity (Wildman–Crippen MR) is 121 cm³/mol. The summed E-state index contributed by atoms with van der Waals surface area (Å²) < 4.78 is 37.1. The molecule has 0 saturated carbocycles. The van der Waals surface area contributed by atoms with Gasteiger partial charge in [0.05, 0.1) is 23.7 Å². The minimum Gasteiger partial charge on any atom is -0.493 e. The van der Waals surface area contributed by atoms with E-state index in [-0.39, 0.29) is 11.7 Å². The SMILES string of the molecule is CCOc1cc(C(=O)N(C)Cc2ccc(OCF)c3cn[nH]c23)ccc1-c1cccc(F)c1. The van der Waals surface area contributed by atoms with Crippen molar-refractivity contribution in [1.82, 2.24) is 15.1 Å². The molecule has 4 rings (SSSR count). The molecule has 1 N–H and O–H groups in total. The van der Waals surface area contributed by atoms with Crippen molar-refractivity contribution in [3.63, 3.8) is 0 Å². The summed E-state index contributed by atoms with van der Waals surface area (Å²) in [6.07, 6.45) is 1.56. The number of hydrogen-bond donors (Lipinski definition) is 1. The number of nitrogens with one attached hydrogen (secondary N) is 1. The maximum Gasteiger partial charge on any atom is 0.254 e. The Morgan fingerprint density at radius 3 is 2.70 bits per heavy atom. The Bertz CT molecular complexity index is 1290. The summed E-state index contributed by atoms with van der Waals surface area (Å²) in [5.41, 5.74) is 3.31. The number of hydrogen-bond acceptors (Lipinski definition) is 4. The number of alkyl halides is 1. The number of carbonyl (C=O) groups is 1. The van der Waals surface area contributed by atoms with Crippen LogP contribution in [0, 0.1) is 5.82 Å². The van der Waals surface area contributed by atoms with Crippen molar-refractivity contribution in [2.24, 2.45) is 0 Å². The van der Waals surface area contributed by atoms with Gasteiger partial charge in [0.15, 0.2) is 0 Å². The molecule has 0 saturated heterocycles. The molecule has 0 aliphatic heterocycles. The fraction of sp³-hybridized carbons (Fsp3) is 0.200. The highest BCUT2D eigenvalue weighted by Gasteiger charge is 2.18. The third-order valence-electron chi connectivity index (χ3n) is 5.29. The second-order valence-electron chi connectivity index (χ2n) is 7.45. The van der Waals surface area contributed by atoms with Gasteiger partial charge in [-0.15, -0.1) is 0 Å². The number of halogens is 2. The van der Waals surface area contributed by atoms with E-state index in [9.17, 15) is 13.6 Å². The number of rotatable bonds is 8. The van der Waals surface area contributed by atoms with Gasteiger partial charge in [-0.2, -0.15) is 5.10 Å².